The van der Waals surface area contributed by atoms with Crippen LogP contribution in [0.3, 0.4) is 0 Å². The van der Waals surface area contributed by atoms with E-state index in [4.69, 9.17) is 21.1 Å². The largest absolute Gasteiger partial charge is 0.488 e. The Kier molecular flexibility index (Phi) is 7.82. The lowest BCUT2D eigenvalue weighted by molar-refractivity contribution is -0.128. The van der Waals surface area contributed by atoms with Crippen LogP contribution < -0.4 is 15.3 Å². The number of hydrogen-bond donors (Lipinski definition) is 0. The Balaban J connectivity index is 1.32. The number of hydrogen-bond acceptors (Lipinski definition) is 7. The fraction of sp³-hybridized carbons (Fsp3) is 0.485. The van der Waals surface area contributed by atoms with E-state index < -0.39 is 17.3 Å². The number of rotatable bonds is 7. The van der Waals surface area contributed by atoms with E-state index in [1.807, 2.05) is 18.7 Å². The van der Waals surface area contributed by atoms with Crippen molar-refractivity contribution in [3.63, 3.8) is 0 Å². The number of carbonyl (C=O) groups is 1. The molecule has 1 amide bonds. The van der Waals surface area contributed by atoms with E-state index in [1.54, 1.807) is 15.5 Å². The molecule has 45 heavy (non-hydrogen) atoms. The van der Waals surface area contributed by atoms with Crippen LogP contribution in [0, 0.1) is 11.6 Å². The van der Waals surface area contributed by atoms with Gasteiger partial charge in [0.2, 0.25) is 5.91 Å². The van der Waals surface area contributed by atoms with Crippen molar-refractivity contribution < 1.29 is 23.0 Å². The summed E-state index contributed by atoms with van der Waals surface area (Å²) in [5.74, 6) is -0.937. The summed E-state index contributed by atoms with van der Waals surface area (Å²) in [5.41, 5.74) is 0.403. The van der Waals surface area contributed by atoms with Gasteiger partial charge in [-0.25, -0.2) is 13.6 Å². The van der Waals surface area contributed by atoms with Crippen LogP contribution in [0.25, 0.3) is 22.0 Å². The molecule has 2 bridgehead atoms. The second-order valence-corrected chi connectivity index (χ2v) is 13.1. The smallest absolute Gasteiger partial charge is 0.350 e. The summed E-state index contributed by atoms with van der Waals surface area (Å²) in [7, 11) is 0. The van der Waals surface area contributed by atoms with Crippen LogP contribution >= 0.6 is 11.6 Å². The summed E-state index contributed by atoms with van der Waals surface area (Å²) in [6.07, 6.45) is 4.23. The average Bonchev–Trinajstić information content (AvgIpc) is 3.64. The van der Waals surface area contributed by atoms with E-state index in [-0.39, 0.29) is 52.5 Å². The average molecular weight is 640 g/mol. The number of halogens is 3. The Hall–Kier alpha value is -3.54. The first-order chi connectivity index (χ1) is 21.6. The number of piperazine rings is 1. The molecule has 7 rings (SSSR count). The summed E-state index contributed by atoms with van der Waals surface area (Å²) in [4.78, 5) is 37.4. The Bertz CT molecular complexity index is 1750. The fourth-order valence-electron chi connectivity index (χ4n) is 7.56. The number of fused-ring (bicyclic) bond motifs is 2. The molecule has 0 N–H and O–H groups in total. The van der Waals surface area contributed by atoms with Gasteiger partial charge in [0.05, 0.1) is 29.3 Å². The number of ether oxygens (including phenoxy) is 2. The maximum Gasteiger partial charge on any atom is 0.350 e. The molecule has 0 radical (unpaired) electrons. The number of likely N-dealkylation sites (tertiary alicyclic amines) is 1. The summed E-state index contributed by atoms with van der Waals surface area (Å²) < 4.78 is 42.9. The predicted molar refractivity (Wildman–Crippen MR) is 168 cm³/mol. The molecule has 0 saturated carbocycles. The molecule has 2 aromatic carbocycles. The van der Waals surface area contributed by atoms with Gasteiger partial charge in [0.25, 0.3) is 0 Å². The Morgan fingerprint density at radius 2 is 1.98 bits per heavy atom. The summed E-state index contributed by atoms with van der Waals surface area (Å²) >= 11 is 6.88. The summed E-state index contributed by atoms with van der Waals surface area (Å²) in [6, 6.07) is 4.83. The first kappa shape index (κ1) is 30.1. The third-order valence-electron chi connectivity index (χ3n) is 9.79. The molecule has 4 aliphatic heterocycles. The van der Waals surface area contributed by atoms with E-state index in [9.17, 15) is 14.0 Å². The van der Waals surface area contributed by atoms with Crippen LogP contribution in [0.2, 0.25) is 5.02 Å². The van der Waals surface area contributed by atoms with Crippen molar-refractivity contribution in [2.24, 2.45) is 0 Å². The predicted octanol–water partition coefficient (Wildman–Crippen LogP) is 4.79. The minimum atomic E-state index is -0.782. The molecule has 3 fully saturated rings. The summed E-state index contributed by atoms with van der Waals surface area (Å²) in [6.45, 7) is 11.2. The lowest BCUT2D eigenvalue weighted by atomic mass is 9.98. The van der Waals surface area contributed by atoms with Crippen molar-refractivity contribution in [2.45, 2.75) is 63.4 Å². The van der Waals surface area contributed by atoms with E-state index in [2.05, 4.69) is 16.5 Å². The van der Waals surface area contributed by atoms with Crippen LogP contribution in [-0.2, 0) is 9.53 Å². The maximum atomic E-state index is 15.2. The van der Waals surface area contributed by atoms with Gasteiger partial charge in [-0.15, -0.1) is 0 Å². The Morgan fingerprint density at radius 1 is 1.16 bits per heavy atom. The number of benzene rings is 2. The highest BCUT2D eigenvalue weighted by Gasteiger charge is 2.39. The molecular weight excluding hydrogens is 604 g/mol. The van der Waals surface area contributed by atoms with Crippen LogP contribution in [0.15, 0.2) is 41.7 Å². The van der Waals surface area contributed by atoms with Gasteiger partial charge in [0.15, 0.2) is 5.75 Å². The molecule has 238 valence electrons. The summed E-state index contributed by atoms with van der Waals surface area (Å²) in [5, 5.41) is 0.796. The quantitative estimate of drug-likeness (QED) is 0.344. The number of anilines is 1. The van der Waals surface area contributed by atoms with E-state index in [0.29, 0.717) is 48.4 Å². The number of amides is 1. The molecule has 0 aliphatic carbocycles. The number of aromatic nitrogens is 2. The minimum absolute atomic E-state index is 0.0824. The SMILES string of the molecule is C=CC(=O)N1C[C@H](C)N(c2nc(=O)n3c4c(c(-c5ccc(F)cc5F)c(Cl)cc24)OC[C@H]3CCCN2C[C@@H]3C[C@H]2CO3)C[C@H]1C. The van der Waals surface area contributed by atoms with Gasteiger partial charge in [-0.2, -0.15) is 4.98 Å². The van der Waals surface area contributed by atoms with Crippen LogP contribution in [0.4, 0.5) is 14.6 Å². The maximum absolute atomic E-state index is 15.2. The zero-order valence-electron chi connectivity index (χ0n) is 25.3. The lowest BCUT2D eigenvalue weighted by Gasteiger charge is -2.45. The molecule has 9 nitrogen and oxygen atoms in total. The molecule has 12 heteroatoms. The van der Waals surface area contributed by atoms with E-state index >= 15 is 4.39 Å². The van der Waals surface area contributed by atoms with Gasteiger partial charge >= 0.3 is 5.69 Å². The Labute approximate surface area is 265 Å². The number of morpholine rings is 1. The molecule has 0 unspecified atom stereocenters. The van der Waals surface area contributed by atoms with Crippen molar-refractivity contribution in [1.82, 2.24) is 19.4 Å². The zero-order chi connectivity index (χ0) is 31.6. The van der Waals surface area contributed by atoms with Gasteiger partial charge in [-0.05, 0) is 63.9 Å². The highest BCUT2D eigenvalue weighted by Crippen LogP contribution is 2.47. The molecule has 3 aromatic rings. The minimum Gasteiger partial charge on any atom is -0.488 e. The molecule has 0 spiro atoms. The number of carbonyl (C=O) groups excluding carboxylic acids is 1. The van der Waals surface area contributed by atoms with E-state index in [1.165, 1.54) is 18.2 Å². The van der Waals surface area contributed by atoms with Crippen LogP contribution in [0.5, 0.6) is 5.75 Å². The van der Waals surface area contributed by atoms with Gasteiger partial charge in [0, 0.05) is 60.3 Å². The van der Waals surface area contributed by atoms with Gasteiger partial charge in [0.1, 0.15) is 24.1 Å². The lowest BCUT2D eigenvalue weighted by Crippen LogP contribution is -2.58. The van der Waals surface area contributed by atoms with Crippen molar-refractivity contribution >= 4 is 34.2 Å². The second-order valence-electron chi connectivity index (χ2n) is 12.7. The highest BCUT2D eigenvalue weighted by molar-refractivity contribution is 6.35. The van der Waals surface area contributed by atoms with Crippen molar-refractivity contribution in [3.8, 4) is 16.9 Å². The second kappa shape index (κ2) is 11.7. The monoisotopic (exact) mass is 639 g/mol. The van der Waals surface area contributed by atoms with Crippen molar-refractivity contribution in [1.29, 1.82) is 0 Å². The molecule has 5 atom stereocenters. The normalized spacial score (nSPS) is 26.0. The zero-order valence-corrected chi connectivity index (χ0v) is 26.1. The highest BCUT2D eigenvalue weighted by atomic mass is 35.5. The first-order valence-corrected chi connectivity index (χ1v) is 15.9. The van der Waals surface area contributed by atoms with Crippen molar-refractivity contribution in [3.05, 3.63) is 64.1 Å². The molecule has 5 heterocycles. The molecular formula is C33H36ClF2N5O4. The van der Waals surface area contributed by atoms with Crippen LogP contribution in [0.1, 0.15) is 39.2 Å². The Morgan fingerprint density at radius 3 is 2.69 bits per heavy atom. The molecule has 4 aliphatic rings. The van der Waals surface area contributed by atoms with Gasteiger partial charge < -0.3 is 19.3 Å². The van der Waals surface area contributed by atoms with Gasteiger partial charge in [-0.3, -0.25) is 14.3 Å². The standard InChI is InChI=1S/C33H36ClF2N5O4/c1-4-28(42)39-13-19(3)40(14-18(39)2)32-25-12-26(34)29(24-8-7-20(35)10-27(24)36)31-30(25)41(33(43)37-32)21(16-45-31)6-5-9-38-15-23-11-22(38)17-44-23/h4,7-8,10,12,18-19,21-23H,1,5-6,9,11,13-17H2,2-3H3/t18-,19+,21-,22+,23+/m1/s1. The third-order valence-corrected chi connectivity index (χ3v) is 10.1. The third kappa shape index (κ3) is 5.18. The van der Waals surface area contributed by atoms with E-state index in [0.717, 1.165) is 38.6 Å². The van der Waals surface area contributed by atoms with Gasteiger partial charge in [-0.1, -0.05) is 18.2 Å². The first-order valence-electron chi connectivity index (χ1n) is 15.6. The molecule has 1 aromatic heterocycles. The van der Waals surface area contributed by atoms with Crippen LogP contribution in [-0.4, -0.2) is 88.9 Å². The fourth-order valence-corrected chi connectivity index (χ4v) is 7.86. The molecule has 3 saturated heterocycles. The van der Waals surface area contributed by atoms with Crippen molar-refractivity contribution in [2.75, 3.05) is 44.3 Å². The topological polar surface area (TPSA) is 80.1 Å². The number of nitrogens with zero attached hydrogens (tertiary/aromatic N) is 5.